The number of hydrogen-bond acceptors (Lipinski definition) is 5. The zero-order valence-corrected chi connectivity index (χ0v) is 23.1. The Morgan fingerprint density at radius 1 is 1.05 bits per heavy atom. The van der Waals surface area contributed by atoms with Crippen LogP contribution in [0.3, 0.4) is 0 Å². The number of fused-ring (bicyclic) bond motifs is 2. The molecule has 0 unspecified atom stereocenters. The lowest BCUT2D eigenvalue weighted by Crippen LogP contribution is -2.43. The van der Waals surface area contributed by atoms with Crippen molar-refractivity contribution in [3.63, 3.8) is 0 Å². The quantitative estimate of drug-likeness (QED) is 0.476. The van der Waals surface area contributed by atoms with Gasteiger partial charge in [-0.15, -0.1) is 0 Å². The average molecular weight is 530 g/mol. The SMILES string of the molecule is CC(=O)C1=Cc2ccc(C3=C(C)CCN4C(=C3)N=C(C(=O)N3CCCCC[C@H]3C)C=C4C3CC3)c(F)c2OC1. The van der Waals surface area contributed by atoms with Crippen LogP contribution in [0.25, 0.3) is 11.6 Å². The predicted molar refractivity (Wildman–Crippen MR) is 150 cm³/mol. The molecule has 4 aliphatic heterocycles. The number of ketones is 1. The summed E-state index contributed by atoms with van der Waals surface area (Å²) in [4.78, 5) is 34.7. The van der Waals surface area contributed by atoms with Gasteiger partial charge in [0.05, 0.1) is 0 Å². The van der Waals surface area contributed by atoms with Crippen LogP contribution >= 0.6 is 0 Å². The molecule has 1 saturated carbocycles. The van der Waals surface area contributed by atoms with Crippen LogP contribution in [0.2, 0.25) is 0 Å². The number of likely N-dealkylation sites (tertiary alicyclic amines) is 1. The van der Waals surface area contributed by atoms with Crippen LogP contribution in [0, 0.1) is 11.7 Å². The number of rotatable bonds is 4. The van der Waals surface area contributed by atoms with Crippen molar-refractivity contribution in [2.45, 2.75) is 71.8 Å². The molecule has 1 aromatic rings. The molecule has 0 N–H and O–H groups in total. The van der Waals surface area contributed by atoms with Gasteiger partial charge in [-0.2, -0.15) is 0 Å². The summed E-state index contributed by atoms with van der Waals surface area (Å²) in [7, 11) is 0. The molecule has 1 atom stereocenters. The summed E-state index contributed by atoms with van der Waals surface area (Å²) in [5, 5.41) is 0. The van der Waals surface area contributed by atoms with Crippen molar-refractivity contribution in [1.29, 1.82) is 0 Å². The van der Waals surface area contributed by atoms with Gasteiger partial charge in [-0.3, -0.25) is 9.59 Å². The molecule has 7 heteroatoms. The van der Waals surface area contributed by atoms with Crippen LogP contribution in [0.4, 0.5) is 4.39 Å². The Bertz CT molecular complexity index is 1400. The van der Waals surface area contributed by atoms with Crippen molar-refractivity contribution in [2.24, 2.45) is 10.9 Å². The van der Waals surface area contributed by atoms with E-state index in [1.807, 2.05) is 30.0 Å². The van der Waals surface area contributed by atoms with Gasteiger partial charge in [0.1, 0.15) is 18.1 Å². The largest absolute Gasteiger partial charge is 0.485 e. The summed E-state index contributed by atoms with van der Waals surface area (Å²) in [6.45, 7) is 7.23. The number of ether oxygens (including phenoxy) is 1. The number of carbonyl (C=O) groups excluding carboxylic acids is 2. The highest BCUT2D eigenvalue weighted by Crippen LogP contribution is 2.44. The Kier molecular flexibility index (Phi) is 6.77. The highest BCUT2D eigenvalue weighted by Gasteiger charge is 2.37. The van der Waals surface area contributed by atoms with E-state index in [0.717, 1.165) is 74.9 Å². The molecule has 204 valence electrons. The first-order valence-corrected chi connectivity index (χ1v) is 14.3. The number of allylic oxidation sites excluding steroid dienone is 3. The lowest BCUT2D eigenvalue weighted by Gasteiger charge is -2.33. The van der Waals surface area contributed by atoms with E-state index in [2.05, 4.69) is 11.8 Å². The highest BCUT2D eigenvalue weighted by molar-refractivity contribution is 6.43. The Balaban J connectivity index is 1.40. The molecule has 1 aromatic carbocycles. The van der Waals surface area contributed by atoms with E-state index in [4.69, 9.17) is 9.73 Å². The van der Waals surface area contributed by atoms with E-state index in [-0.39, 0.29) is 30.1 Å². The van der Waals surface area contributed by atoms with Gasteiger partial charge in [0.15, 0.2) is 17.3 Å². The molecule has 6 nitrogen and oxygen atoms in total. The minimum atomic E-state index is -0.432. The Hall–Kier alpha value is -3.48. The number of halogens is 1. The molecule has 0 radical (unpaired) electrons. The fourth-order valence-corrected chi connectivity index (χ4v) is 6.07. The van der Waals surface area contributed by atoms with E-state index in [1.54, 1.807) is 12.1 Å². The number of nitrogens with zero attached hydrogens (tertiary/aromatic N) is 3. The number of carbonyl (C=O) groups is 2. The summed E-state index contributed by atoms with van der Waals surface area (Å²) in [6.07, 6.45) is 13.0. The molecule has 1 amide bonds. The number of amides is 1. The molecule has 39 heavy (non-hydrogen) atoms. The summed E-state index contributed by atoms with van der Waals surface area (Å²) in [6, 6.07) is 3.77. The number of Topliss-reactive ketones (excluding diaryl/α,β-unsaturated/α-hetero) is 1. The molecule has 2 fully saturated rings. The second kappa shape index (κ2) is 10.2. The fourth-order valence-electron chi connectivity index (χ4n) is 6.07. The van der Waals surface area contributed by atoms with Crippen LogP contribution in [-0.4, -0.2) is 52.9 Å². The summed E-state index contributed by atoms with van der Waals surface area (Å²) < 4.78 is 21.6. The van der Waals surface area contributed by atoms with Crippen LogP contribution in [0.5, 0.6) is 5.75 Å². The minimum absolute atomic E-state index is 0.00368. The number of hydrogen-bond donors (Lipinski definition) is 0. The van der Waals surface area contributed by atoms with Gasteiger partial charge in [-0.25, -0.2) is 9.38 Å². The first kappa shape index (κ1) is 25.8. The molecule has 6 rings (SSSR count). The summed E-state index contributed by atoms with van der Waals surface area (Å²) >= 11 is 0. The molecular weight excluding hydrogens is 493 g/mol. The topological polar surface area (TPSA) is 62.2 Å². The monoisotopic (exact) mass is 529 g/mol. The maximum absolute atomic E-state index is 15.9. The van der Waals surface area contributed by atoms with Crippen molar-refractivity contribution in [1.82, 2.24) is 9.80 Å². The zero-order chi connectivity index (χ0) is 27.3. The van der Waals surface area contributed by atoms with E-state index < -0.39 is 5.82 Å². The van der Waals surface area contributed by atoms with Crippen molar-refractivity contribution >= 4 is 29.1 Å². The van der Waals surface area contributed by atoms with E-state index in [9.17, 15) is 9.59 Å². The molecule has 0 spiro atoms. The molecule has 4 heterocycles. The van der Waals surface area contributed by atoms with Crippen LogP contribution in [0.1, 0.15) is 76.8 Å². The van der Waals surface area contributed by atoms with Crippen LogP contribution < -0.4 is 4.74 Å². The van der Waals surface area contributed by atoms with E-state index in [1.165, 1.54) is 6.92 Å². The molecule has 0 bridgehead atoms. The van der Waals surface area contributed by atoms with Crippen LogP contribution in [-0.2, 0) is 9.59 Å². The van der Waals surface area contributed by atoms with Crippen molar-refractivity contribution in [2.75, 3.05) is 19.7 Å². The lowest BCUT2D eigenvalue weighted by molar-refractivity contribution is -0.125. The smallest absolute Gasteiger partial charge is 0.272 e. The van der Waals surface area contributed by atoms with Crippen molar-refractivity contribution in [3.05, 3.63) is 63.9 Å². The summed E-state index contributed by atoms with van der Waals surface area (Å²) in [5.74, 6) is 0.801. The normalized spacial score (nSPS) is 23.3. The average Bonchev–Trinajstić information content (AvgIpc) is 3.79. The third-order valence-electron chi connectivity index (χ3n) is 8.65. The molecule has 5 aliphatic rings. The standard InChI is InChI=1S/C32H36FN3O3/c1-19-12-14-36-28(22-8-9-22)17-27(32(38)35-13-6-4-5-7-20(35)2)34-29(36)16-26(19)25-11-10-23-15-24(21(3)37)18-39-31(23)30(25)33/h10-11,15-17,20,22H,4-9,12-14,18H2,1-3H3/t20-/m1/s1. The van der Waals surface area contributed by atoms with Gasteiger partial charge < -0.3 is 14.5 Å². The second-order valence-electron chi connectivity index (χ2n) is 11.5. The maximum Gasteiger partial charge on any atom is 0.272 e. The summed E-state index contributed by atoms with van der Waals surface area (Å²) in [5.41, 5.74) is 5.04. The van der Waals surface area contributed by atoms with E-state index in [0.29, 0.717) is 34.2 Å². The minimum Gasteiger partial charge on any atom is -0.485 e. The molecule has 1 saturated heterocycles. The van der Waals surface area contributed by atoms with Gasteiger partial charge in [0, 0.05) is 41.5 Å². The highest BCUT2D eigenvalue weighted by atomic mass is 19.1. The van der Waals surface area contributed by atoms with Crippen molar-refractivity contribution < 1.29 is 18.7 Å². The first-order valence-electron chi connectivity index (χ1n) is 14.3. The molecule has 1 aliphatic carbocycles. The van der Waals surface area contributed by atoms with Crippen LogP contribution in [0.15, 0.2) is 51.9 Å². The number of benzene rings is 1. The zero-order valence-electron chi connectivity index (χ0n) is 23.1. The van der Waals surface area contributed by atoms with Gasteiger partial charge in [0.25, 0.3) is 5.91 Å². The van der Waals surface area contributed by atoms with Gasteiger partial charge >= 0.3 is 0 Å². The Labute approximate surface area is 229 Å². The fraction of sp³-hybridized carbons (Fsp3) is 0.469. The third-order valence-corrected chi connectivity index (χ3v) is 8.65. The molecule has 0 aromatic heterocycles. The maximum atomic E-state index is 15.9. The van der Waals surface area contributed by atoms with E-state index >= 15 is 4.39 Å². The Morgan fingerprint density at radius 3 is 2.64 bits per heavy atom. The van der Waals surface area contributed by atoms with Gasteiger partial charge in [-0.1, -0.05) is 30.5 Å². The predicted octanol–water partition coefficient (Wildman–Crippen LogP) is 6.05. The number of aliphatic imine (C=N–C) groups is 1. The lowest BCUT2D eigenvalue weighted by atomic mass is 9.95. The molecular formula is C32H36FN3O3. The Morgan fingerprint density at radius 2 is 1.87 bits per heavy atom. The van der Waals surface area contributed by atoms with Crippen molar-refractivity contribution in [3.8, 4) is 5.75 Å². The second-order valence-corrected chi connectivity index (χ2v) is 11.5. The van der Waals surface area contributed by atoms with Gasteiger partial charge in [0.2, 0.25) is 0 Å². The first-order chi connectivity index (χ1) is 18.8. The third kappa shape index (κ3) is 4.88. The van der Waals surface area contributed by atoms with Gasteiger partial charge in [-0.05, 0) is 82.6 Å².